The van der Waals surface area contributed by atoms with Gasteiger partial charge < -0.3 is 0 Å². The highest BCUT2D eigenvalue weighted by molar-refractivity contribution is 9.11. The van der Waals surface area contributed by atoms with Gasteiger partial charge in [0.1, 0.15) is 5.82 Å². The summed E-state index contributed by atoms with van der Waals surface area (Å²) in [6.07, 6.45) is 1.08. The molecule has 0 unspecified atom stereocenters. The first kappa shape index (κ1) is 8.40. The third-order valence-electron chi connectivity index (χ3n) is 1.17. The second kappa shape index (κ2) is 3.62. The molecular weight excluding hydrogens is 214 g/mol. The van der Waals surface area contributed by atoms with E-state index in [1.165, 1.54) is 12.1 Å². The van der Waals surface area contributed by atoms with Crippen molar-refractivity contribution in [1.29, 1.82) is 0 Å². The van der Waals surface area contributed by atoms with Crippen molar-refractivity contribution in [2.45, 2.75) is 0 Å². The first-order chi connectivity index (χ1) is 5.20. The second-order valence-corrected chi connectivity index (χ2v) is 2.71. The van der Waals surface area contributed by atoms with E-state index >= 15 is 0 Å². The summed E-state index contributed by atoms with van der Waals surface area (Å²) >= 11 is 2.57. The van der Waals surface area contributed by atoms with Crippen LogP contribution >= 0.6 is 15.9 Å². The molecule has 11 heavy (non-hydrogen) atoms. The monoisotopic (exact) mass is 218 g/mol. The molecule has 0 aliphatic rings. The maximum atomic E-state index is 12.7. The molecule has 0 aliphatic heterocycles. The van der Waals surface area contributed by atoms with E-state index in [0.717, 1.165) is 6.08 Å². The van der Waals surface area contributed by atoms with Gasteiger partial charge in [-0.1, -0.05) is 18.2 Å². The molecule has 0 saturated carbocycles. The minimum absolute atomic E-state index is 0.238. The van der Waals surface area contributed by atoms with Gasteiger partial charge in [-0.25, -0.2) is 4.39 Å². The van der Waals surface area contributed by atoms with Crippen LogP contribution in [0.5, 0.6) is 0 Å². The zero-order chi connectivity index (χ0) is 8.27. The minimum atomic E-state index is -0.581. The molecule has 0 N–H and O–H groups in total. The van der Waals surface area contributed by atoms with Crippen LogP contribution in [-0.4, -0.2) is 0 Å². The summed E-state index contributed by atoms with van der Waals surface area (Å²) in [5, 5.41) is 0. The molecule has 0 aliphatic carbocycles. The largest absolute Gasteiger partial charge is 0.206 e. The fraction of sp³-hybridized carbons (Fsp3) is 0. The molecule has 1 aromatic rings. The Labute approximate surface area is 71.7 Å². The van der Waals surface area contributed by atoms with Crippen molar-refractivity contribution in [3.63, 3.8) is 0 Å². The number of benzene rings is 1. The van der Waals surface area contributed by atoms with Crippen LogP contribution in [0.3, 0.4) is 0 Å². The standard InChI is InChI=1S/C8H5BrF2/c9-8(11)5-6-3-1-2-4-7(6)10/h1-5H/b8-5-. The fourth-order valence-corrected chi connectivity index (χ4v) is 0.956. The first-order valence-electron chi connectivity index (χ1n) is 2.97. The van der Waals surface area contributed by atoms with Gasteiger partial charge in [0.2, 0.25) is 0 Å². The molecule has 0 saturated heterocycles. The Morgan fingerprint density at radius 1 is 1.36 bits per heavy atom. The summed E-state index contributed by atoms with van der Waals surface area (Å²) < 4.78 is 24.3. The van der Waals surface area contributed by atoms with E-state index in [2.05, 4.69) is 15.9 Å². The summed E-state index contributed by atoms with van der Waals surface area (Å²) in [4.78, 5) is 0. The van der Waals surface area contributed by atoms with Crippen molar-refractivity contribution in [1.82, 2.24) is 0 Å². The van der Waals surface area contributed by atoms with Gasteiger partial charge in [0.15, 0.2) is 4.74 Å². The smallest absolute Gasteiger partial charge is 0.166 e. The highest BCUT2D eigenvalue weighted by Crippen LogP contribution is 2.15. The van der Waals surface area contributed by atoms with Crippen molar-refractivity contribution in [2.24, 2.45) is 0 Å². The molecule has 58 valence electrons. The van der Waals surface area contributed by atoms with Crippen LogP contribution in [0.15, 0.2) is 29.0 Å². The van der Waals surface area contributed by atoms with Crippen LogP contribution in [0, 0.1) is 5.82 Å². The van der Waals surface area contributed by atoms with Crippen molar-refractivity contribution < 1.29 is 8.78 Å². The Balaban J connectivity index is 3.04. The Morgan fingerprint density at radius 3 is 2.55 bits per heavy atom. The molecule has 0 atom stereocenters. The van der Waals surface area contributed by atoms with Crippen molar-refractivity contribution >= 4 is 22.0 Å². The Hall–Kier alpha value is -0.700. The van der Waals surface area contributed by atoms with Gasteiger partial charge in [-0.2, -0.15) is 4.39 Å². The van der Waals surface area contributed by atoms with Crippen LogP contribution in [0.25, 0.3) is 6.08 Å². The molecule has 0 amide bonds. The molecule has 1 rings (SSSR count). The molecule has 0 aromatic heterocycles. The van der Waals surface area contributed by atoms with Gasteiger partial charge in [-0.3, -0.25) is 0 Å². The summed E-state index contributed by atoms with van der Waals surface area (Å²) in [7, 11) is 0. The van der Waals surface area contributed by atoms with Crippen LogP contribution in [0.1, 0.15) is 5.56 Å². The maximum Gasteiger partial charge on any atom is 0.166 e. The van der Waals surface area contributed by atoms with Gasteiger partial charge in [-0.15, -0.1) is 0 Å². The topological polar surface area (TPSA) is 0 Å². The Morgan fingerprint density at radius 2 is 2.00 bits per heavy atom. The van der Waals surface area contributed by atoms with Crippen LogP contribution in [0.2, 0.25) is 0 Å². The molecule has 0 spiro atoms. The van der Waals surface area contributed by atoms with Crippen LogP contribution in [-0.2, 0) is 0 Å². The Bertz CT molecular complexity index is 277. The predicted octanol–water partition coefficient (Wildman–Crippen LogP) is 3.49. The second-order valence-electron chi connectivity index (χ2n) is 1.96. The van der Waals surface area contributed by atoms with E-state index in [0.29, 0.717) is 0 Å². The highest BCUT2D eigenvalue weighted by atomic mass is 79.9. The SMILES string of the molecule is F/C(Br)=C\c1ccccc1F. The van der Waals surface area contributed by atoms with Crippen molar-refractivity contribution in [3.8, 4) is 0 Å². The van der Waals surface area contributed by atoms with Gasteiger partial charge >= 0.3 is 0 Å². The van der Waals surface area contributed by atoms with E-state index < -0.39 is 10.6 Å². The lowest BCUT2D eigenvalue weighted by Crippen LogP contribution is -1.78. The van der Waals surface area contributed by atoms with E-state index in [9.17, 15) is 8.78 Å². The summed E-state index contributed by atoms with van der Waals surface area (Å²) in [6.45, 7) is 0. The third kappa shape index (κ3) is 2.42. The summed E-state index contributed by atoms with van der Waals surface area (Å²) in [5.41, 5.74) is 0.238. The van der Waals surface area contributed by atoms with Gasteiger partial charge in [-0.05, 0) is 28.1 Å². The number of hydrogen-bond acceptors (Lipinski definition) is 0. The van der Waals surface area contributed by atoms with Gasteiger partial charge in [0, 0.05) is 5.56 Å². The van der Waals surface area contributed by atoms with Gasteiger partial charge in [0.25, 0.3) is 0 Å². The minimum Gasteiger partial charge on any atom is -0.206 e. The number of halogens is 3. The van der Waals surface area contributed by atoms with E-state index in [1.807, 2.05) is 0 Å². The molecule has 1 aromatic carbocycles. The van der Waals surface area contributed by atoms with Crippen LogP contribution < -0.4 is 0 Å². The normalized spacial score (nSPS) is 11.7. The first-order valence-corrected chi connectivity index (χ1v) is 3.76. The number of hydrogen-bond donors (Lipinski definition) is 0. The quantitative estimate of drug-likeness (QED) is 0.678. The molecule has 0 fully saturated rings. The van der Waals surface area contributed by atoms with Gasteiger partial charge in [0.05, 0.1) is 0 Å². The molecule has 0 radical (unpaired) electrons. The zero-order valence-corrected chi connectivity index (χ0v) is 7.11. The molecular formula is C8H5BrF2. The van der Waals surface area contributed by atoms with E-state index in [-0.39, 0.29) is 5.56 Å². The van der Waals surface area contributed by atoms with Crippen LogP contribution in [0.4, 0.5) is 8.78 Å². The summed E-state index contributed by atoms with van der Waals surface area (Å²) in [5.74, 6) is -0.429. The highest BCUT2D eigenvalue weighted by Gasteiger charge is 1.96. The fourth-order valence-electron chi connectivity index (χ4n) is 0.710. The molecule has 0 nitrogen and oxygen atoms in total. The lowest BCUT2D eigenvalue weighted by molar-refractivity contribution is 0.624. The maximum absolute atomic E-state index is 12.7. The zero-order valence-electron chi connectivity index (χ0n) is 5.52. The molecule has 0 heterocycles. The summed E-state index contributed by atoms with van der Waals surface area (Å²) in [6, 6.07) is 5.97. The molecule has 0 bridgehead atoms. The lowest BCUT2D eigenvalue weighted by Gasteiger charge is -1.93. The molecule has 3 heteroatoms. The van der Waals surface area contributed by atoms with E-state index in [4.69, 9.17) is 0 Å². The number of rotatable bonds is 1. The van der Waals surface area contributed by atoms with Crippen molar-refractivity contribution in [2.75, 3.05) is 0 Å². The average Bonchev–Trinajstić information content (AvgIpc) is 1.93. The lowest BCUT2D eigenvalue weighted by atomic mass is 10.2. The third-order valence-corrected chi connectivity index (χ3v) is 1.40. The average molecular weight is 219 g/mol. The predicted molar refractivity (Wildman–Crippen MR) is 44.4 cm³/mol. The van der Waals surface area contributed by atoms with Crippen molar-refractivity contribution in [3.05, 3.63) is 40.4 Å². The van der Waals surface area contributed by atoms with E-state index in [1.54, 1.807) is 12.1 Å². The Kier molecular flexibility index (Phi) is 2.76.